The Kier molecular flexibility index (Phi) is 7.23. The molecule has 0 atom stereocenters. The van der Waals surface area contributed by atoms with E-state index in [1.807, 2.05) is 6.07 Å². The van der Waals surface area contributed by atoms with E-state index in [0.29, 0.717) is 33.6 Å². The quantitative estimate of drug-likeness (QED) is 0.534. The van der Waals surface area contributed by atoms with Gasteiger partial charge in [0.2, 0.25) is 5.91 Å². The minimum Gasteiger partial charge on any atom is -0.497 e. The second-order valence-electron chi connectivity index (χ2n) is 5.98. The van der Waals surface area contributed by atoms with Gasteiger partial charge in [0.1, 0.15) is 16.5 Å². The summed E-state index contributed by atoms with van der Waals surface area (Å²) in [5, 5.41) is 14.1. The highest BCUT2D eigenvalue weighted by Gasteiger charge is 2.11. The van der Waals surface area contributed by atoms with Crippen LogP contribution in [0.1, 0.15) is 10.4 Å². The van der Waals surface area contributed by atoms with Gasteiger partial charge in [-0.1, -0.05) is 30.0 Å². The molecule has 0 unspecified atom stereocenters. The first-order chi connectivity index (χ1) is 14.6. The van der Waals surface area contributed by atoms with E-state index in [1.54, 1.807) is 61.7 Å². The Morgan fingerprint density at radius 1 is 0.933 bits per heavy atom. The predicted octanol–water partition coefficient (Wildman–Crippen LogP) is 3.48. The number of carbonyl (C=O) groups excluding carboxylic acids is 2. The summed E-state index contributed by atoms with van der Waals surface area (Å²) < 4.78 is 10.4. The standard InChI is InChI=1S/C21H20N4O4S/c1-28-15-8-9-16(17(12-15)29-2)22-19(26)13-30-20-11-10-18(24-25-20)23-21(27)14-6-4-3-5-7-14/h3-12H,13H2,1-2H3,(H,22,26)(H,23,24,27). The molecular formula is C21H20N4O4S. The molecular weight excluding hydrogens is 404 g/mol. The molecule has 0 saturated carbocycles. The number of methoxy groups -OCH3 is 2. The van der Waals surface area contributed by atoms with Crippen molar-refractivity contribution in [1.82, 2.24) is 10.2 Å². The molecule has 2 aromatic carbocycles. The van der Waals surface area contributed by atoms with Gasteiger partial charge >= 0.3 is 0 Å². The third-order valence-electron chi connectivity index (χ3n) is 3.95. The summed E-state index contributed by atoms with van der Waals surface area (Å²) in [7, 11) is 3.08. The van der Waals surface area contributed by atoms with Crippen LogP contribution >= 0.6 is 11.8 Å². The van der Waals surface area contributed by atoms with Crippen molar-refractivity contribution in [2.45, 2.75) is 5.03 Å². The molecule has 0 saturated heterocycles. The highest BCUT2D eigenvalue weighted by molar-refractivity contribution is 7.99. The van der Waals surface area contributed by atoms with Gasteiger partial charge in [-0.25, -0.2) is 0 Å². The third-order valence-corrected chi connectivity index (χ3v) is 4.87. The van der Waals surface area contributed by atoms with E-state index in [4.69, 9.17) is 9.47 Å². The maximum atomic E-state index is 12.3. The molecule has 1 aromatic heterocycles. The normalized spacial score (nSPS) is 10.2. The smallest absolute Gasteiger partial charge is 0.256 e. The van der Waals surface area contributed by atoms with Crippen molar-refractivity contribution in [3.63, 3.8) is 0 Å². The van der Waals surface area contributed by atoms with E-state index < -0.39 is 0 Å². The van der Waals surface area contributed by atoms with Gasteiger partial charge in [-0.15, -0.1) is 10.2 Å². The first-order valence-corrected chi connectivity index (χ1v) is 9.92. The number of hydrogen-bond donors (Lipinski definition) is 2. The number of carbonyl (C=O) groups is 2. The van der Waals surface area contributed by atoms with Crippen LogP contribution in [0.2, 0.25) is 0 Å². The minimum absolute atomic E-state index is 0.138. The first kappa shape index (κ1) is 21.1. The van der Waals surface area contributed by atoms with E-state index in [9.17, 15) is 9.59 Å². The van der Waals surface area contributed by atoms with Crippen LogP contribution in [-0.2, 0) is 4.79 Å². The molecule has 0 radical (unpaired) electrons. The summed E-state index contributed by atoms with van der Waals surface area (Å²) in [6.07, 6.45) is 0. The van der Waals surface area contributed by atoms with Crippen molar-refractivity contribution in [3.05, 3.63) is 66.2 Å². The summed E-state index contributed by atoms with van der Waals surface area (Å²) in [6, 6.07) is 17.3. The van der Waals surface area contributed by atoms with Gasteiger partial charge in [0.15, 0.2) is 5.82 Å². The van der Waals surface area contributed by atoms with E-state index in [0.717, 1.165) is 0 Å². The summed E-state index contributed by atoms with van der Waals surface area (Å²) >= 11 is 1.23. The third kappa shape index (κ3) is 5.71. The number of hydrogen-bond acceptors (Lipinski definition) is 7. The molecule has 1 heterocycles. The lowest BCUT2D eigenvalue weighted by atomic mass is 10.2. The van der Waals surface area contributed by atoms with Crippen LogP contribution in [0.15, 0.2) is 65.7 Å². The number of amides is 2. The van der Waals surface area contributed by atoms with Crippen molar-refractivity contribution in [3.8, 4) is 11.5 Å². The van der Waals surface area contributed by atoms with Crippen molar-refractivity contribution >= 4 is 35.1 Å². The predicted molar refractivity (Wildman–Crippen MR) is 115 cm³/mol. The molecule has 8 nitrogen and oxygen atoms in total. The average molecular weight is 424 g/mol. The van der Waals surface area contributed by atoms with E-state index in [1.165, 1.54) is 18.9 Å². The molecule has 0 fully saturated rings. The number of benzene rings is 2. The molecule has 9 heteroatoms. The van der Waals surface area contributed by atoms with Gasteiger partial charge in [0.05, 0.1) is 25.7 Å². The molecule has 0 spiro atoms. The topological polar surface area (TPSA) is 102 Å². The SMILES string of the molecule is COc1ccc(NC(=O)CSc2ccc(NC(=O)c3ccccc3)nn2)c(OC)c1. The van der Waals surface area contributed by atoms with Crippen LogP contribution in [0.5, 0.6) is 11.5 Å². The van der Waals surface area contributed by atoms with Crippen LogP contribution in [0.3, 0.4) is 0 Å². The molecule has 3 aromatic rings. The fourth-order valence-corrected chi connectivity index (χ4v) is 3.08. The second kappa shape index (κ2) is 10.3. The van der Waals surface area contributed by atoms with E-state index >= 15 is 0 Å². The number of rotatable bonds is 8. The van der Waals surface area contributed by atoms with Crippen molar-refractivity contribution in [2.24, 2.45) is 0 Å². The largest absolute Gasteiger partial charge is 0.497 e. The molecule has 0 aliphatic heterocycles. The van der Waals surface area contributed by atoms with Crippen molar-refractivity contribution in [1.29, 1.82) is 0 Å². The number of ether oxygens (including phenoxy) is 2. The van der Waals surface area contributed by atoms with Gasteiger partial charge in [0, 0.05) is 11.6 Å². The Labute approximate surface area is 178 Å². The maximum absolute atomic E-state index is 12.3. The van der Waals surface area contributed by atoms with Gasteiger partial charge in [-0.2, -0.15) is 0 Å². The lowest BCUT2D eigenvalue weighted by Crippen LogP contribution is -2.15. The maximum Gasteiger partial charge on any atom is 0.256 e. The average Bonchev–Trinajstić information content (AvgIpc) is 2.79. The fourth-order valence-electron chi connectivity index (χ4n) is 2.47. The highest BCUT2D eigenvalue weighted by Crippen LogP contribution is 2.29. The van der Waals surface area contributed by atoms with E-state index in [2.05, 4.69) is 20.8 Å². The first-order valence-electron chi connectivity index (χ1n) is 8.94. The van der Waals surface area contributed by atoms with Crippen LogP contribution in [-0.4, -0.2) is 42.0 Å². The minimum atomic E-state index is -0.266. The van der Waals surface area contributed by atoms with Crippen LogP contribution in [0.25, 0.3) is 0 Å². The zero-order chi connectivity index (χ0) is 21.3. The summed E-state index contributed by atoms with van der Waals surface area (Å²) in [6.45, 7) is 0. The summed E-state index contributed by atoms with van der Waals surface area (Å²) in [4.78, 5) is 24.4. The van der Waals surface area contributed by atoms with Gasteiger partial charge < -0.3 is 20.1 Å². The highest BCUT2D eigenvalue weighted by atomic mass is 32.2. The van der Waals surface area contributed by atoms with Gasteiger partial charge in [0.25, 0.3) is 5.91 Å². The molecule has 154 valence electrons. The molecule has 30 heavy (non-hydrogen) atoms. The van der Waals surface area contributed by atoms with E-state index in [-0.39, 0.29) is 17.6 Å². The lowest BCUT2D eigenvalue weighted by molar-refractivity contribution is -0.113. The summed E-state index contributed by atoms with van der Waals surface area (Å²) in [5.74, 6) is 1.13. The monoisotopic (exact) mass is 424 g/mol. The zero-order valence-corrected chi connectivity index (χ0v) is 17.2. The number of aromatic nitrogens is 2. The van der Waals surface area contributed by atoms with Crippen LogP contribution in [0.4, 0.5) is 11.5 Å². The number of nitrogens with one attached hydrogen (secondary N) is 2. The molecule has 2 amide bonds. The Morgan fingerprint density at radius 2 is 1.73 bits per heavy atom. The number of anilines is 2. The molecule has 0 bridgehead atoms. The van der Waals surface area contributed by atoms with Crippen LogP contribution < -0.4 is 20.1 Å². The molecule has 2 N–H and O–H groups in total. The van der Waals surface area contributed by atoms with Gasteiger partial charge in [-0.3, -0.25) is 9.59 Å². The van der Waals surface area contributed by atoms with Gasteiger partial charge in [-0.05, 0) is 36.4 Å². The molecule has 0 aliphatic rings. The Morgan fingerprint density at radius 3 is 2.40 bits per heavy atom. The Bertz CT molecular complexity index is 1010. The van der Waals surface area contributed by atoms with Crippen LogP contribution in [0, 0.1) is 0 Å². The zero-order valence-electron chi connectivity index (χ0n) is 16.4. The number of thioether (sulfide) groups is 1. The number of nitrogens with zero attached hydrogens (tertiary/aromatic N) is 2. The Balaban J connectivity index is 1.52. The molecule has 3 rings (SSSR count). The summed E-state index contributed by atoms with van der Waals surface area (Å²) in [5.41, 5.74) is 1.08. The van der Waals surface area contributed by atoms with Crippen molar-refractivity contribution < 1.29 is 19.1 Å². The van der Waals surface area contributed by atoms with Crippen molar-refractivity contribution in [2.75, 3.05) is 30.6 Å². The molecule has 0 aliphatic carbocycles. The fraction of sp³-hybridized carbons (Fsp3) is 0.143. The Hall–Kier alpha value is -3.59. The second-order valence-corrected chi connectivity index (χ2v) is 6.98. The lowest BCUT2D eigenvalue weighted by Gasteiger charge is -2.11.